The van der Waals surface area contributed by atoms with Crippen LogP contribution in [0, 0.1) is 0 Å². The Hall–Kier alpha value is -1.21. The Bertz CT molecular complexity index is 322. The third-order valence-corrected chi connectivity index (χ3v) is 2.92. The molecule has 2 unspecified atom stereocenters. The molecule has 0 saturated heterocycles. The van der Waals surface area contributed by atoms with E-state index in [4.69, 9.17) is 18.0 Å². The number of nitrogens with one attached hydrogen (secondary N) is 2. The van der Waals surface area contributed by atoms with Crippen molar-refractivity contribution in [1.29, 1.82) is 0 Å². The Morgan fingerprint density at radius 3 is 2.39 bits per heavy atom. The van der Waals surface area contributed by atoms with Gasteiger partial charge in [-0.05, 0) is 27.8 Å². The molecule has 0 fully saturated rings. The van der Waals surface area contributed by atoms with Gasteiger partial charge in [-0.15, -0.1) is 0 Å². The van der Waals surface area contributed by atoms with Crippen LogP contribution in [0.2, 0.25) is 0 Å². The zero-order chi connectivity index (χ0) is 14.3. The first-order valence-electron chi connectivity index (χ1n) is 5.88. The van der Waals surface area contributed by atoms with E-state index in [1.807, 2.05) is 11.8 Å². The molecule has 0 aromatic heterocycles. The molecular weight excluding hydrogens is 252 g/mol. The second-order valence-corrected chi connectivity index (χ2v) is 4.73. The van der Waals surface area contributed by atoms with Crippen LogP contribution in [0.5, 0.6) is 0 Å². The summed E-state index contributed by atoms with van der Waals surface area (Å²) >= 11 is 4.83. The zero-order valence-corrected chi connectivity index (χ0v) is 12.1. The Morgan fingerprint density at radius 2 is 1.94 bits per heavy atom. The number of thiocarbonyl (C=S) groups is 1. The van der Waals surface area contributed by atoms with Crippen LogP contribution in [0.3, 0.4) is 0 Å². The number of likely N-dealkylation sites (N-methyl/N-ethyl adjacent to an activating group) is 1. The highest BCUT2D eigenvalue weighted by molar-refractivity contribution is 7.80. The molecule has 18 heavy (non-hydrogen) atoms. The van der Waals surface area contributed by atoms with E-state index in [-0.39, 0.29) is 11.9 Å². The lowest BCUT2D eigenvalue weighted by Gasteiger charge is -2.29. The third-order valence-electron chi connectivity index (χ3n) is 2.76. The van der Waals surface area contributed by atoms with Gasteiger partial charge in [-0.1, -0.05) is 12.2 Å². The molecule has 3 amide bonds. The van der Waals surface area contributed by atoms with Gasteiger partial charge in [0, 0.05) is 19.0 Å². The normalized spacial score (nSPS) is 13.8. The van der Waals surface area contributed by atoms with Crippen LogP contribution in [0.25, 0.3) is 0 Å². The molecule has 0 aliphatic carbocycles. The summed E-state index contributed by atoms with van der Waals surface area (Å²) in [5.41, 5.74) is 5.47. The van der Waals surface area contributed by atoms with Crippen molar-refractivity contribution in [3.05, 3.63) is 0 Å². The molecule has 0 aliphatic heterocycles. The molecule has 0 bridgehead atoms. The summed E-state index contributed by atoms with van der Waals surface area (Å²) in [6, 6.07) is -0.876. The van der Waals surface area contributed by atoms with Gasteiger partial charge in [0.05, 0.1) is 11.0 Å². The topological polar surface area (TPSA) is 87.5 Å². The monoisotopic (exact) mass is 274 g/mol. The average Bonchev–Trinajstić information content (AvgIpc) is 2.26. The minimum atomic E-state index is -0.482. The fraction of sp³-hybridized carbons (Fsp3) is 0.727. The van der Waals surface area contributed by atoms with Crippen LogP contribution in [-0.4, -0.2) is 47.5 Å². The number of carbonyl (C=O) groups excluding carboxylic acids is 2. The summed E-state index contributed by atoms with van der Waals surface area (Å²) in [4.78, 5) is 25.2. The average molecular weight is 274 g/mol. The van der Waals surface area contributed by atoms with Gasteiger partial charge >= 0.3 is 6.03 Å². The summed E-state index contributed by atoms with van der Waals surface area (Å²) < 4.78 is 0. The molecule has 0 heterocycles. The van der Waals surface area contributed by atoms with E-state index in [1.165, 1.54) is 0 Å². The molecule has 2 atom stereocenters. The van der Waals surface area contributed by atoms with Crippen molar-refractivity contribution in [2.75, 3.05) is 13.6 Å². The quantitative estimate of drug-likeness (QED) is 0.603. The van der Waals surface area contributed by atoms with Crippen LogP contribution in [0.4, 0.5) is 4.79 Å². The second kappa shape index (κ2) is 7.99. The first kappa shape index (κ1) is 16.8. The van der Waals surface area contributed by atoms with E-state index >= 15 is 0 Å². The van der Waals surface area contributed by atoms with Gasteiger partial charge in [0.2, 0.25) is 5.91 Å². The first-order valence-corrected chi connectivity index (χ1v) is 6.29. The summed E-state index contributed by atoms with van der Waals surface area (Å²) in [5, 5.41) is 4.78. The Morgan fingerprint density at radius 1 is 1.39 bits per heavy atom. The fourth-order valence-corrected chi connectivity index (χ4v) is 1.66. The minimum Gasteiger partial charge on any atom is -0.393 e. The maximum atomic E-state index is 11.8. The number of carbonyl (C=O) groups is 2. The van der Waals surface area contributed by atoms with Crippen molar-refractivity contribution in [2.45, 2.75) is 39.3 Å². The van der Waals surface area contributed by atoms with Gasteiger partial charge in [-0.2, -0.15) is 0 Å². The largest absolute Gasteiger partial charge is 0.393 e. The van der Waals surface area contributed by atoms with Crippen LogP contribution in [-0.2, 0) is 4.79 Å². The molecular formula is C11H22N4O2S. The summed E-state index contributed by atoms with van der Waals surface area (Å²) in [7, 11) is 1.80. The van der Waals surface area contributed by atoms with Crippen LogP contribution in [0.15, 0.2) is 0 Å². The van der Waals surface area contributed by atoms with E-state index < -0.39 is 12.1 Å². The lowest BCUT2D eigenvalue weighted by Crippen LogP contribution is -2.51. The number of nitrogens with zero attached hydrogens (tertiary/aromatic N) is 1. The number of hydrogen-bond donors (Lipinski definition) is 3. The summed E-state index contributed by atoms with van der Waals surface area (Å²) in [5.74, 6) is -0.349. The van der Waals surface area contributed by atoms with Gasteiger partial charge in [-0.3, -0.25) is 15.0 Å². The molecule has 6 nitrogen and oxygen atoms in total. The lowest BCUT2D eigenvalue weighted by molar-refractivity contribution is -0.124. The molecule has 0 spiro atoms. The molecule has 0 radical (unpaired) electrons. The highest BCUT2D eigenvalue weighted by Crippen LogP contribution is 2.06. The van der Waals surface area contributed by atoms with Crippen molar-refractivity contribution in [3.8, 4) is 0 Å². The standard InChI is InChI=1S/C11H22N4O2S/c1-5-13-11(17)14-10(16)8(3)15(4)7(2)6-9(12)18/h7-8H,5-6H2,1-4H3,(H2,12,18)(H2,13,14,16,17). The highest BCUT2D eigenvalue weighted by atomic mass is 32.1. The van der Waals surface area contributed by atoms with E-state index in [9.17, 15) is 9.59 Å². The molecule has 104 valence electrons. The van der Waals surface area contributed by atoms with Crippen molar-refractivity contribution >= 4 is 29.1 Å². The molecule has 0 saturated carbocycles. The van der Waals surface area contributed by atoms with Crippen LogP contribution in [0.1, 0.15) is 27.2 Å². The van der Waals surface area contributed by atoms with Gasteiger partial charge in [0.1, 0.15) is 0 Å². The van der Waals surface area contributed by atoms with Crippen molar-refractivity contribution in [1.82, 2.24) is 15.5 Å². The van der Waals surface area contributed by atoms with E-state index in [2.05, 4.69) is 10.6 Å². The Labute approximate surface area is 113 Å². The molecule has 7 heteroatoms. The van der Waals surface area contributed by atoms with E-state index in [1.54, 1.807) is 20.9 Å². The molecule has 0 aromatic rings. The lowest BCUT2D eigenvalue weighted by atomic mass is 10.1. The minimum absolute atomic E-state index is 0.0393. The summed E-state index contributed by atoms with van der Waals surface area (Å²) in [6.45, 7) is 5.91. The van der Waals surface area contributed by atoms with Gasteiger partial charge in [0.25, 0.3) is 0 Å². The van der Waals surface area contributed by atoms with Crippen molar-refractivity contribution in [3.63, 3.8) is 0 Å². The van der Waals surface area contributed by atoms with E-state index in [0.717, 1.165) is 0 Å². The Kier molecular flexibility index (Phi) is 7.45. The molecule has 4 N–H and O–H groups in total. The predicted octanol–water partition coefficient (Wildman–Crippen LogP) is 0.217. The number of hydrogen-bond acceptors (Lipinski definition) is 4. The fourth-order valence-electron chi connectivity index (χ4n) is 1.42. The SMILES string of the molecule is CCNC(=O)NC(=O)C(C)N(C)C(C)CC(N)=S. The van der Waals surface area contributed by atoms with E-state index in [0.29, 0.717) is 18.0 Å². The zero-order valence-electron chi connectivity index (χ0n) is 11.3. The molecule has 0 aromatic carbocycles. The maximum Gasteiger partial charge on any atom is 0.321 e. The molecule has 0 aliphatic rings. The Balaban J connectivity index is 4.35. The van der Waals surface area contributed by atoms with Gasteiger partial charge in [-0.25, -0.2) is 4.79 Å². The number of amides is 3. The third kappa shape index (κ3) is 5.92. The van der Waals surface area contributed by atoms with Crippen molar-refractivity contribution in [2.24, 2.45) is 5.73 Å². The van der Waals surface area contributed by atoms with Crippen LogP contribution >= 0.6 is 12.2 Å². The number of urea groups is 1. The predicted molar refractivity (Wildman–Crippen MR) is 75.3 cm³/mol. The molecule has 0 rings (SSSR count). The van der Waals surface area contributed by atoms with Gasteiger partial charge in [0.15, 0.2) is 0 Å². The van der Waals surface area contributed by atoms with Crippen molar-refractivity contribution < 1.29 is 9.59 Å². The number of nitrogens with two attached hydrogens (primary N) is 1. The summed E-state index contributed by atoms with van der Waals surface area (Å²) in [6.07, 6.45) is 0.532. The number of imide groups is 1. The smallest absolute Gasteiger partial charge is 0.321 e. The first-order chi connectivity index (χ1) is 8.29. The second-order valence-electron chi connectivity index (χ2n) is 4.21. The maximum absolute atomic E-state index is 11.8. The number of rotatable bonds is 6. The van der Waals surface area contributed by atoms with Crippen LogP contribution < -0.4 is 16.4 Å². The van der Waals surface area contributed by atoms with Gasteiger partial charge < -0.3 is 11.1 Å². The highest BCUT2D eigenvalue weighted by Gasteiger charge is 2.23.